The van der Waals surface area contributed by atoms with Crippen molar-refractivity contribution in [3.8, 4) is 5.75 Å². The predicted molar refractivity (Wildman–Crippen MR) is 104 cm³/mol. The van der Waals surface area contributed by atoms with Crippen LogP contribution < -0.4 is 10.1 Å². The molecule has 29 heavy (non-hydrogen) atoms. The van der Waals surface area contributed by atoms with Crippen LogP contribution in [-0.4, -0.2) is 67.4 Å². The highest BCUT2D eigenvalue weighted by Gasteiger charge is 2.59. The van der Waals surface area contributed by atoms with Gasteiger partial charge in [0, 0.05) is 19.0 Å². The molecule has 2 heterocycles. The molecule has 0 aromatic heterocycles. The molecule has 0 bridgehead atoms. The van der Waals surface area contributed by atoms with Gasteiger partial charge in [-0.1, -0.05) is 6.07 Å². The summed E-state index contributed by atoms with van der Waals surface area (Å²) in [4.78, 5) is 26.7. The van der Waals surface area contributed by atoms with E-state index in [2.05, 4.69) is 5.32 Å². The highest BCUT2D eigenvalue weighted by molar-refractivity contribution is 5.89. The Balaban J connectivity index is 1.22. The molecule has 2 aliphatic carbocycles. The summed E-state index contributed by atoms with van der Waals surface area (Å²) in [5.74, 6) is 2.44. The number of benzene rings is 1. The van der Waals surface area contributed by atoms with Crippen molar-refractivity contribution in [1.29, 1.82) is 0 Å². The Hall–Kier alpha value is -2.12. The fourth-order valence-electron chi connectivity index (χ4n) is 5.68. The van der Waals surface area contributed by atoms with Gasteiger partial charge in [0.05, 0.1) is 18.8 Å². The fourth-order valence-corrected chi connectivity index (χ4v) is 5.68. The smallest absolute Gasteiger partial charge is 0.337 e. The molecule has 5 rings (SSSR count). The van der Waals surface area contributed by atoms with E-state index in [0.29, 0.717) is 47.3 Å². The zero-order chi connectivity index (χ0) is 20.1. The molecule has 2 aliphatic heterocycles. The third-order valence-corrected chi connectivity index (χ3v) is 7.32. The Bertz CT molecular complexity index is 804. The Morgan fingerprint density at radius 2 is 1.86 bits per heavy atom. The Labute approximate surface area is 170 Å². The maximum absolute atomic E-state index is 12.9. The molecule has 1 amide bonds. The molecule has 7 nitrogen and oxygen atoms in total. The predicted octanol–water partition coefficient (Wildman–Crippen LogP) is 0.915. The van der Waals surface area contributed by atoms with Crippen LogP contribution in [0.4, 0.5) is 0 Å². The molecule has 0 radical (unpaired) electrons. The first-order valence-electron chi connectivity index (χ1n) is 10.6. The third-order valence-electron chi connectivity index (χ3n) is 7.32. The molecule has 7 atom stereocenters. The molecular formula is C22H28N2O5. The first kappa shape index (κ1) is 18.9. The number of likely N-dealkylation sites (tertiary alicyclic amines) is 1. The molecule has 2 N–H and O–H groups in total. The minimum absolute atomic E-state index is 0.217. The molecule has 156 valence electrons. The number of nitrogens with one attached hydrogen (secondary N) is 1. The Morgan fingerprint density at radius 1 is 1.14 bits per heavy atom. The van der Waals surface area contributed by atoms with Crippen LogP contribution in [0.3, 0.4) is 0 Å². The van der Waals surface area contributed by atoms with Gasteiger partial charge in [0.15, 0.2) is 0 Å². The molecule has 2 saturated heterocycles. The van der Waals surface area contributed by atoms with Gasteiger partial charge in [0.1, 0.15) is 11.9 Å². The number of amides is 1. The summed E-state index contributed by atoms with van der Waals surface area (Å²) in [5.41, 5.74) is 0.426. The number of fused-ring (bicyclic) bond motifs is 2. The highest BCUT2D eigenvalue weighted by atomic mass is 16.5. The van der Waals surface area contributed by atoms with E-state index < -0.39 is 12.1 Å². The summed E-state index contributed by atoms with van der Waals surface area (Å²) >= 11 is 0. The second-order valence-electron chi connectivity index (χ2n) is 8.99. The molecule has 4 fully saturated rings. The van der Waals surface area contributed by atoms with E-state index in [1.807, 2.05) is 4.90 Å². The van der Waals surface area contributed by atoms with Crippen LogP contribution >= 0.6 is 0 Å². The summed E-state index contributed by atoms with van der Waals surface area (Å²) in [7, 11) is 1.35. The van der Waals surface area contributed by atoms with Gasteiger partial charge in [-0.25, -0.2) is 4.79 Å². The number of aliphatic hydroxyl groups is 1. The summed E-state index contributed by atoms with van der Waals surface area (Å²) in [6.45, 7) is 3.47. The van der Waals surface area contributed by atoms with E-state index >= 15 is 0 Å². The minimum atomic E-state index is -0.572. The van der Waals surface area contributed by atoms with Crippen LogP contribution in [0, 0.1) is 29.6 Å². The highest BCUT2D eigenvalue weighted by Crippen LogP contribution is 2.50. The second kappa shape index (κ2) is 7.29. The summed E-state index contributed by atoms with van der Waals surface area (Å²) in [6.07, 6.45) is 0.466. The van der Waals surface area contributed by atoms with Gasteiger partial charge in [0.2, 0.25) is 5.91 Å². The van der Waals surface area contributed by atoms with Crippen molar-refractivity contribution >= 4 is 11.9 Å². The van der Waals surface area contributed by atoms with E-state index in [1.165, 1.54) is 7.11 Å². The number of ether oxygens (including phenoxy) is 2. The first-order chi connectivity index (χ1) is 14.0. The first-order valence-corrected chi connectivity index (χ1v) is 10.6. The lowest BCUT2D eigenvalue weighted by atomic mass is 9.78. The van der Waals surface area contributed by atoms with Crippen molar-refractivity contribution in [2.24, 2.45) is 29.6 Å². The molecule has 4 aliphatic rings. The van der Waals surface area contributed by atoms with Crippen molar-refractivity contribution in [1.82, 2.24) is 10.2 Å². The van der Waals surface area contributed by atoms with Gasteiger partial charge in [-0.05, 0) is 67.8 Å². The molecule has 1 unspecified atom stereocenters. The molecule has 7 heteroatoms. The summed E-state index contributed by atoms with van der Waals surface area (Å²) < 4.78 is 10.8. The number of rotatable bonds is 4. The van der Waals surface area contributed by atoms with Crippen molar-refractivity contribution in [3.05, 3.63) is 29.8 Å². The number of nitrogens with zero attached hydrogens (tertiary/aromatic N) is 1. The molecule has 1 aromatic carbocycles. The van der Waals surface area contributed by atoms with Crippen LogP contribution in [0.15, 0.2) is 24.3 Å². The zero-order valence-electron chi connectivity index (χ0n) is 16.6. The topological polar surface area (TPSA) is 88.1 Å². The van der Waals surface area contributed by atoms with Gasteiger partial charge in [-0.3, -0.25) is 4.79 Å². The van der Waals surface area contributed by atoms with Crippen molar-refractivity contribution < 1.29 is 24.2 Å². The quantitative estimate of drug-likeness (QED) is 0.731. The molecular weight excluding hydrogens is 372 g/mol. The van der Waals surface area contributed by atoms with E-state index in [1.54, 1.807) is 24.3 Å². The van der Waals surface area contributed by atoms with Gasteiger partial charge < -0.3 is 24.8 Å². The van der Waals surface area contributed by atoms with Crippen LogP contribution in [0.25, 0.3) is 0 Å². The number of hydrogen-bond acceptors (Lipinski definition) is 6. The van der Waals surface area contributed by atoms with Crippen molar-refractivity contribution in [3.63, 3.8) is 0 Å². The van der Waals surface area contributed by atoms with Crippen LogP contribution in [-0.2, 0) is 9.53 Å². The monoisotopic (exact) mass is 400 g/mol. The van der Waals surface area contributed by atoms with E-state index in [0.717, 1.165) is 32.6 Å². The normalized spacial score (nSPS) is 37.6. The van der Waals surface area contributed by atoms with Crippen molar-refractivity contribution in [2.45, 2.75) is 25.0 Å². The molecule has 2 saturated carbocycles. The zero-order valence-corrected chi connectivity index (χ0v) is 16.6. The molecule has 0 spiro atoms. The van der Waals surface area contributed by atoms with Gasteiger partial charge in [0.25, 0.3) is 0 Å². The summed E-state index contributed by atoms with van der Waals surface area (Å²) in [5, 5.41) is 14.0. The van der Waals surface area contributed by atoms with Gasteiger partial charge in [-0.2, -0.15) is 0 Å². The van der Waals surface area contributed by atoms with Gasteiger partial charge >= 0.3 is 5.97 Å². The number of hydrogen-bond donors (Lipinski definition) is 2. The lowest BCUT2D eigenvalue weighted by Gasteiger charge is -2.35. The third kappa shape index (κ3) is 3.40. The fraction of sp³-hybridized carbons (Fsp3) is 0.636. The Morgan fingerprint density at radius 3 is 2.59 bits per heavy atom. The maximum Gasteiger partial charge on any atom is 0.337 e. The summed E-state index contributed by atoms with van der Waals surface area (Å²) in [6, 6.07) is 6.86. The Kier molecular flexibility index (Phi) is 4.75. The maximum atomic E-state index is 12.9. The lowest BCUT2D eigenvalue weighted by molar-refractivity contribution is -0.132. The number of carbonyl (C=O) groups excluding carboxylic acids is 2. The lowest BCUT2D eigenvalue weighted by Crippen LogP contribution is -2.42. The van der Waals surface area contributed by atoms with Crippen molar-refractivity contribution in [2.75, 3.05) is 33.3 Å². The minimum Gasteiger partial charge on any atom is -0.488 e. The number of methoxy groups -OCH3 is 1. The number of aliphatic hydroxyl groups excluding tert-OH is 1. The molecule has 1 aromatic rings. The average molecular weight is 400 g/mol. The average Bonchev–Trinajstić information content (AvgIpc) is 3.05. The van der Waals surface area contributed by atoms with Crippen LogP contribution in [0.5, 0.6) is 5.75 Å². The number of piperidine rings is 1. The number of esters is 1. The number of carbonyl (C=O) groups is 2. The van der Waals surface area contributed by atoms with Crippen LogP contribution in [0.1, 0.15) is 23.2 Å². The SMILES string of the molecule is COC(=O)c1cccc(O[C@@H]2C[C@@H]3CN(C(=O)C4[C@H]5CNC[C@@H]45)C[C@@H]3C[C@H]2O)c1. The second-order valence-corrected chi connectivity index (χ2v) is 8.99. The van der Waals surface area contributed by atoms with Crippen LogP contribution in [0.2, 0.25) is 0 Å². The van der Waals surface area contributed by atoms with Gasteiger partial charge in [-0.15, -0.1) is 0 Å². The largest absolute Gasteiger partial charge is 0.488 e. The standard InChI is InChI=1S/C22H28N2O5/c1-28-22(27)12-3-2-4-15(5-12)29-19-7-14-11-24(10-13(14)6-18(19)25)21(26)20-16-8-23-9-17(16)20/h2-5,13-14,16-20,23,25H,6-11H2,1H3/t13-,14+,16-,17+,18+,19+,20?/m0/s1. The van der Waals surface area contributed by atoms with E-state index in [4.69, 9.17) is 9.47 Å². The van der Waals surface area contributed by atoms with E-state index in [-0.39, 0.29) is 12.0 Å². The van der Waals surface area contributed by atoms with E-state index in [9.17, 15) is 14.7 Å².